The van der Waals surface area contributed by atoms with E-state index in [4.69, 9.17) is 4.74 Å². The molecule has 6 nitrogen and oxygen atoms in total. The van der Waals surface area contributed by atoms with Gasteiger partial charge in [-0.1, -0.05) is 12.1 Å². The van der Waals surface area contributed by atoms with E-state index in [2.05, 4.69) is 26.0 Å². The average molecular weight is 503 g/mol. The van der Waals surface area contributed by atoms with Crippen LogP contribution in [0.3, 0.4) is 0 Å². The van der Waals surface area contributed by atoms with Gasteiger partial charge < -0.3 is 10.1 Å². The van der Waals surface area contributed by atoms with Crippen molar-refractivity contribution < 1.29 is 17.9 Å². The zero-order chi connectivity index (χ0) is 22.6. The highest BCUT2D eigenvalue weighted by atomic mass is 79.9. The lowest BCUT2D eigenvalue weighted by molar-refractivity contribution is -0.118. The number of carbonyl (C=O) groups excluding carboxylic acids is 1. The molecule has 0 aliphatic carbocycles. The molecule has 0 aromatic heterocycles. The van der Waals surface area contributed by atoms with Gasteiger partial charge in [0, 0.05) is 11.4 Å². The molecule has 1 amide bonds. The van der Waals surface area contributed by atoms with Gasteiger partial charge in [0.15, 0.2) is 6.61 Å². The summed E-state index contributed by atoms with van der Waals surface area (Å²) in [6, 6.07) is 17.0. The van der Waals surface area contributed by atoms with Crippen molar-refractivity contribution in [1.29, 1.82) is 0 Å². The second kappa shape index (κ2) is 9.53. The Morgan fingerprint density at radius 1 is 0.871 bits per heavy atom. The van der Waals surface area contributed by atoms with E-state index in [1.807, 2.05) is 39.0 Å². The van der Waals surface area contributed by atoms with Gasteiger partial charge in [0.1, 0.15) is 5.75 Å². The molecule has 0 saturated heterocycles. The minimum atomic E-state index is -3.74. The molecule has 2 N–H and O–H groups in total. The minimum Gasteiger partial charge on any atom is -0.483 e. The van der Waals surface area contributed by atoms with Crippen molar-refractivity contribution in [2.45, 2.75) is 25.7 Å². The van der Waals surface area contributed by atoms with Crippen LogP contribution < -0.4 is 14.8 Å². The number of ether oxygens (including phenoxy) is 1. The van der Waals surface area contributed by atoms with E-state index in [1.54, 1.807) is 18.2 Å². The average Bonchev–Trinajstić information content (AvgIpc) is 2.66. The molecule has 0 spiro atoms. The summed E-state index contributed by atoms with van der Waals surface area (Å²) >= 11 is 3.40. The lowest BCUT2D eigenvalue weighted by Gasteiger charge is -2.11. The Bertz CT molecular complexity index is 1190. The van der Waals surface area contributed by atoms with Crippen LogP contribution in [-0.4, -0.2) is 20.9 Å². The number of hydrogen-bond donors (Lipinski definition) is 2. The Hall–Kier alpha value is -2.84. The summed E-state index contributed by atoms with van der Waals surface area (Å²) in [5.41, 5.74) is 3.99. The first-order chi connectivity index (χ1) is 14.6. The summed E-state index contributed by atoms with van der Waals surface area (Å²) in [6.07, 6.45) is 0. The number of sulfonamides is 1. The van der Waals surface area contributed by atoms with Gasteiger partial charge in [0.25, 0.3) is 15.9 Å². The maximum atomic E-state index is 12.6. The van der Waals surface area contributed by atoms with Crippen LogP contribution in [0.5, 0.6) is 5.75 Å². The van der Waals surface area contributed by atoms with Gasteiger partial charge in [-0.15, -0.1) is 0 Å². The molecule has 0 fully saturated rings. The number of amides is 1. The number of carbonyl (C=O) groups is 1. The molecule has 3 aromatic carbocycles. The lowest BCUT2D eigenvalue weighted by atomic mass is 10.1. The van der Waals surface area contributed by atoms with Crippen LogP contribution in [0.15, 0.2) is 70.0 Å². The standard InChI is InChI=1S/C23H23BrN2O4S/c1-15-4-9-22(21(24)13-15)30-14-23(27)25-18-5-7-20(8-6-18)31(28,29)26-19-11-16(2)10-17(3)12-19/h4-13,26H,14H2,1-3H3,(H,25,27). The van der Waals surface area contributed by atoms with E-state index in [0.29, 0.717) is 17.1 Å². The zero-order valence-corrected chi connectivity index (χ0v) is 19.8. The van der Waals surface area contributed by atoms with Crippen molar-refractivity contribution in [3.8, 4) is 5.75 Å². The minimum absolute atomic E-state index is 0.101. The number of halogens is 1. The molecule has 0 aliphatic rings. The summed E-state index contributed by atoms with van der Waals surface area (Å²) in [5, 5.41) is 2.69. The first-order valence-corrected chi connectivity index (χ1v) is 11.8. The quantitative estimate of drug-likeness (QED) is 0.465. The first kappa shape index (κ1) is 22.8. The molecular formula is C23H23BrN2O4S. The van der Waals surface area contributed by atoms with Crippen molar-refractivity contribution in [2.75, 3.05) is 16.6 Å². The summed E-state index contributed by atoms with van der Waals surface area (Å²) in [5.74, 6) is 0.219. The molecular weight excluding hydrogens is 480 g/mol. The molecule has 0 radical (unpaired) electrons. The zero-order valence-electron chi connectivity index (χ0n) is 17.4. The van der Waals surface area contributed by atoms with Gasteiger partial charge >= 0.3 is 0 Å². The SMILES string of the molecule is Cc1cc(C)cc(NS(=O)(=O)c2ccc(NC(=O)COc3ccc(C)cc3Br)cc2)c1. The maximum absolute atomic E-state index is 12.6. The molecule has 162 valence electrons. The van der Waals surface area contributed by atoms with Crippen LogP contribution in [0.1, 0.15) is 16.7 Å². The number of anilines is 2. The fourth-order valence-corrected chi connectivity index (χ4v) is 4.68. The largest absolute Gasteiger partial charge is 0.483 e. The first-order valence-electron chi connectivity index (χ1n) is 9.52. The third-order valence-electron chi connectivity index (χ3n) is 4.37. The van der Waals surface area contributed by atoms with Crippen LogP contribution in [0.2, 0.25) is 0 Å². The second-order valence-electron chi connectivity index (χ2n) is 7.28. The molecule has 0 aliphatic heterocycles. The van der Waals surface area contributed by atoms with E-state index in [0.717, 1.165) is 21.2 Å². The van der Waals surface area contributed by atoms with Crippen LogP contribution in [0.25, 0.3) is 0 Å². The van der Waals surface area contributed by atoms with E-state index in [1.165, 1.54) is 24.3 Å². The van der Waals surface area contributed by atoms with Crippen LogP contribution in [0, 0.1) is 20.8 Å². The fraction of sp³-hybridized carbons (Fsp3) is 0.174. The number of benzene rings is 3. The van der Waals surface area contributed by atoms with E-state index >= 15 is 0 Å². The highest BCUT2D eigenvalue weighted by Gasteiger charge is 2.15. The Morgan fingerprint density at radius 3 is 2.13 bits per heavy atom. The Kier molecular flexibility index (Phi) is 7.02. The molecule has 0 saturated carbocycles. The second-order valence-corrected chi connectivity index (χ2v) is 9.81. The van der Waals surface area contributed by atoms with Gasteiger partial charge in [0.2, 0.25) is 0 Å². The molecule has 0 bridgehead atoms. The Balaban J connectivity index is 1.61. The van der Waals surface area contributed by atoms with Crippen molar-refractivity contribution >= 4 is 43.2 Å². The lowest BCUT2D eigenvalue weighted by Crippen LogP contribution is -2.20. The molecule has 3 rings (SSSR count). The Labute approximate surface area is 190 Å². The van der Waals surface area contributed by atoms with Gasteiger partial charge in [-0.05, 0) is 102 Å². The monoisotopic (exact) mass is 502 g/mol. The van der Waals surface area contributed by atoms with Crippen molar-refractivity contribution in [3.05, 3.63) is 81.8 Å². The molecule has 0 heterocycles. The highest BCUT2D eigenvalue weighted by molar-refractivity contribution is 9.10. The number of nitrogens with one attached hydrogen (secondary N) is 2. The normalized spacial score (nSPS) is 11.1. The van der Waals surface area contributed by atoms with Gasteiger partial charge in [-0.2, -0.15) is 0 Å². The molecule has 8 heteroatoms. The van der Waals surface area contributed by atoms with Crippen molar-refractivity contribution in [1.82, 2.24) is 0 Å². The predicted molar refractivity (Wildman–Crippen MR) is 126 cm³/mol. The Morgan fingerprint density at radius 2 is 1.52 bits per heavy atom. The van der Waals surface area contributed by atoms with E-state index in [-0.39, 0.29) is 17.4 Å². The summed E-state index contributed by atoms with van der Waals surface area (Å²) in [6.45, 7) is 5.60. The summed E-state index contributed by atoms with van der Waals surface area (Å²) < 4.78 is 34.2. The molecule has 0 atom stereocenters. The summed E-state index contributed by atoms with van der Waals surface area (Å²) in [7, 11) is -3.74. The third-order valence-corrected chi connectivity index (χ3v) is 6.39. The number of rotatable bonds is 7. The van der Waals surface area contributed by atoms with Gasteiger partial charge in [-0.3, -0.25) is 9.52 Å². The van der Waals surface area contributed by atoms with E-state index < -0.39 is 10.0 Å². The smallest absolute Gasteiger partial charge is 0.262 e. The topological polar surface area (TPSA) is 84.5 Å². The predicted octanol–water partition coefficient (Wildman–Crippen LogP) is 5.19. The molecule has 0 unspecified atom stereocenters. The van der Waals surface area contributed by atoms with Crippen LogP contribution >= 0.6 is 15.9 Å². The van der Waals surface area contributed by atoms with Crippen LogP contribution in [-0.2, 0) is 14.8 Å². The highest BCUT2D eigenvalue weighted by Crippen LogP contribution is 2.26. The summed E-state index contributed by atoms with van der Waals surface area (Å²) in [4.78, 5) is 12.3. The number of hydrogen-bond acceptors (Lipinski definition) is 4. The maximum Gasteiger partial charge on any atom is 0.262 e. The fourth-order valence-electron chi connectivity index (χ4n) is 3.03. The third kappa shape index (κ3) is 6.32. The van der Waals surface area contributed by atoms with Crippen molar-refractivity contribution in [2.24, 2.45) is 0 Å². The van der Waals surface area contributed by atoms with Gasteiger partial charge in [0.05, 0.1) is 9.37 Å². The van der Waals surface area contributed by atoms with Gasteiger partial charge in [-0.25, -0.2) is 8.42 Å². The van der Waals surface area contributed by atoms with E-state index in [9.17, 15) is 13.2 Å². The van der Waals surface area contributed by atoms with Crippen LogP contribution in [0.4, 0.5) is 11.4 Å². The number of aryl methyl sites for hydroxylation is 3. The molecule has 3 aromatic rings. The molecule has 31 heavy (non-hydrogen) atoms. The van der Waals surface area contributed by atoms with Crippen molar-refractivity contribution in [3.63, 3.8) is 0 Å².